The van der Waals surface area contributed by atoms with Crippen LogP contribution in [0.25, 0.3) is 27.4 Å². The van der Waals surface area contributed by atoms with Crippen LogP contribution in [-0.4, -0.2) is 58.3 Å². The molecule has 5 aromatic rings. The number of amides is 1. The molecule has 178 valence electrons. The SMILES string of the molecule is Cn1ncc2cc(C(=C3CCN(C(=O)n4cnc(C#N)n4)CC3)c3ccc4c(cnn4C)c3)ccc21. The van der Waals surface area contributed by atoms with E-state index >= 15 is 0 Å². The number of benzene rings is 2. The van der Waals surface area contributed by atoms with Crippen molar-refractivity contribution in [3.8, 4) is 6.07 Å². The highest BCUT2D eigenvalue weighted by Gasteiger charge is 2.24. The molecule has 0 radical (unpaired) electrons. The summed E-state index contributed by atoms with van der Waals surface area (Å²) < 4.78 is 4.89. The minimum absolute atomic E-state index is 0.0141. The van der Waals surface area contributed by atoms with Crippen LogP contribution in [0, 0.1) is 11.3 Å². The average molecular weight is 478 g/mol. The van der Waals surface area contributed by atoms with Crippen LogP contribution in [0.1, 0.15) is 29.8 Å². The van der Waals surface area contributed by atoms with E-state index < -0.39 is 0 Å². The maximum Gasteiger partial charge on any atom is 0.346 e. The average Bonchev–Trinajstić information content (AvgIpc) is 3.63. The molecule has 0 atom stereocenters. The first-order valence-electron chi connectivity index (χ1n) is 11.7. The van der Waals surface area contributed by atoms with Gasteiger partial charge in [0, 0.05) is 38.0 Å². The molecular formula is C26H23N9O. The molecule has 0 spiro atoms. The van der Waals surface area contributed by atoms with E-state index in [9.17, 15) is 4.79 Å². The third-order valence-electron chi connectivity index (χ3n) is 6.85. The summed E-state index contributed by atoms with van der Waals surface area (Å²) in [5.74, 6) is -0.0141. The lowest BCUT2D eigenvalue weighted by Crippen LogP contribution is -2.39. The van der Waals surface area contributed by atoms with Crippen molar-refractivity contribution in [1.82, 2.24) is 39.2 Å². The third-order valence-corrected chi connectivity index (χ3v) is 6.85. The van der Waals surface area contributed by atoms with Crippen molar-refractivity contribution in [2.75, 3.05) is 13.1 Å². The van der Waals surface area contributed by atoms with E-state index in [2.05, 4.69) is 56.7 Å². The second-order valence-electron chi connectivity index (χ2n) is 8.96. The summed E-state index contributed by atoms with van der Waals surface area (Å²) in [4.78, 5) is 18.5. The molecular weight excluding hydrogens is 454 g/mol. The van der Waals surface area contributed by atoms with Crippen LogP contribution in [-0.2, 0) is 14.1 Å². The number of carbonyl (C=O) groups is 1. The molecule has 6 rings (SSSR count). The number of piperidine rings is 1. The molecule has 1 aliphatic heterocycles. The van der Waals surface area contributed by atoms with Gasteiger partial charge in [-0.25, -0.2) is 9.78 Å². The predicted molar refractivity (Wildman–Crippen MR) is 134 cm³/mol. The smallest absolute Gasteiger partial charge is 0.322 e. The number of carbonyl (C=O) groups excluding carboxylic acids is 1. The van der Waals surface area contributed by atoms with Crippen LogP contribution in [0.15, 0.2) is 60.7 Å². The van der Waals surface area contributed by atoms with E-state index in [1.54, 1.807) is 4.90 Å². The number of nitrogens with zero attached hydrogens (tertiary/aromatic N) is 9. The zero-order chi connectivity index (χ0) is 24.8. The fourth-order valence-corrected chi connectivity index (χ4v) is 4.98. The standard InChI is InChI=1S/C26H23N9O/c1-32-22-5-3-18(11-20(22)14-29-32)25(19-4-6-23-21(12-19)15-30-33(23)2)17-7-9-34(10-8-17)26(36)35-16-28-24(13-27)31-35/h3-6,11-12,14-16H,7-10H2,1-2H3. The number of fused-ring (bicyclic) bond motifs is 2. The normalized spacial score (nSPS) is 13.9. The van der Waals surface area contributed by atoms with Gasteiger partial charge < -0.3 is 4.90 Å². The Bertz CT molecular complexity index is 1620. The molecule has 0 saturated carbocycles. The van der Waals surface area contributed by atoms with Gasteiger partial charge in [0.1, 0.15) is 12.4 Å². The van der Waals surface area contributed by atoms with E-state index in [-0.39, 0.29) is 11.9 Å². The summed E-state index contributed by atoms with van der Waals surface area (Å²) in [7, 11) is 3.89. The number of likely N-dealkylation sites (tertiary alicyclic amines) is 1. The Balaban J connectivity index is 1.39. The van der Waals surface area contributed by atoms with Crippen molar-refractivity contribution in [3.05, 3.63) is 77.6 Å². The number of rotatable bonds is 2. The molecule has 4 heterocycles. The van der Waals surface area contributed by atoms with Gasteiger partial charge in [0.25, 0.3) is 5.82 Å². The Labute approximate surface area is 206 Å². The first kappa shape index (κ1) is 21.7. The van der Waals surface area contributed by atoms with E-state index in [1.165, 1.54) is 17.5 Å². The van der Waals surface area contributed by atoms with Crippen molar-refractivity contribution >= 4 is 33.4 Å². The fraction of sp³-hybridized carbons (Fsp3) is 0.231. The van der Waals surface area contributed by atoms with Crippen LogP contribution >= 0.6 is 0 Å². The topological polar surface area (TPSA) is 110 Å². The first-order valence-corrected chi connectivity index (χ1v) is 11.7. The second-order valence-corrected chi connectivity index (χ2v) is 8.96. The predicted octanol–water partition coefficient (Wildman–Crippen LogP) is 3.49. The van der Waals surface area contributed by atoms with E-state index in [4.69, 9.17) is 5.26 Å². The molecule has 1 amide bonds. The maximum absolute atomic E-state index is 12.9. The molecule has 0 bridgehead atoms. The summed E-state index contributed by atoms with van der Waals surface area (Å²) in [5, 5.41) is 23.9. The van der Waals surface area contributed by atoms with Crippen molar-refractivity contribution in [2.24, 2.45) is 14.1 Å². The van der Waals surface area contributed by atoms with E-state index in [0.717, 1.165) is 50.5 Å². The van der Waals surface area contributed by atoms with Crippen molar-refractivity contribution in [3.63, 3.8) is 0 Å². The molecule has 0 N–H and O–H groups in total. The minimum atomic E-state index is -0.266. The van der Waals surface area contributed by atoms with Gasteiger partial charge in [0.2, 0.25) is 0 Å². The zero-order valence-electron chi connectivity index (χ0n) is 20.0. The van der Waals surface area contributed by atoms with Gasteiger partial charge in [-0.15, -0.1) is 5.10 Å². The lowest BCUT2D eigenvalue weighted by Gasteiger charge is -2.30. The van der Waals surface area contributed by atoms with Crippen molar-refractivity contribution in [1.29, 1.82) is 5.26 Å². The van der Waals surface area contributed by atoms with Gasteiger partial charge in [-0.3, -0.25) is 9.36 Å². The van der Waals surface area contributed by atoms with Crippen LogP contribution < -0.4 is 0 Å². The van der Waals surface area contributed by atoms with Gasteiger partial charge in [-0.1, -0.05) is 17.7 Å². The molecule has 2 aromatic carbocycles. The summed E-state index contributed by atoms with van der Waals surface area (Å²) in [6.07, 6.45) is 6.54. The molecule has 3 aromatic heterocycles. The first-order chi connectivity index (χ1) is 17.5. The summed E-state index contributed by atoms with van der Waals surface area (Å²) in [6, 6.07) is 14.5. The Kier molecular flexibility index (Phi) is 5.11. The van der Waals surface area contributed by atoms with Gasteiger partial charge >= 0.3 is 6.03 Å². The highest BCUT2D eigenvalue weighted by atomic mass is 16.2. The summed E-state index contributed by atoms with van der Waals surface area (Å²) in [6.45, 7) is 1.12. The third kappa shape index (κ3) is 3.62. The van der Waals surface area contributed by atoms with Crippen LogP contribution in [0.2, 0.25) is 0 Å². The lowest BCUT2D eigenvalue weighted by molar-refractivity contribution is 0.192. The highest BCUT2D eigenvalue weighted by molar-refractivity contribution is 5.92. The van der Waals surface area contributed by atoms with Gasteiger partial charge in [-0.2, -0.15) is 20.1 Å². The Morgan fingerprint density at radius 1 is 0.917 bits per heavy atom. The monoisotopic (exact) mass is 477 g/mol. The van der Waals surface area contributed by atoms with Crippen molar-refractivity contribution in [2.45, 2.75) is 12.8 Å². The quantitative estimate of drug-likeness (QED) is 0.385. The fourth-order valence-electron chi connectivity index (χ4n) is 4.98. The number of aromatic nitrogens is 7. The molecule has 1 aliphatic rings. The number of aryl methyl sites for hydroxylation is 2. The van der Waals surface area contributed by atoms with Gasteiger partial charge in [-0.05, 0) is 53.8 Å². The Hall–Kier alpha value is -4.78. The molecule has 1 saturated heterocycles. The van der Waals surface area contributed by atoms with Gasteiger partial charge in [0.05, 0.1) is 23.4 Å². The summed E-state index contributed by atoms with van der Waals surface area (Å²) >= 11 is 0. The second kappa shape index (κ2) is 8.46. The minimum Gasteiger partial charge on any atom is -0.322 e. The van der Waals surface area contributed by atoms with Crippen LogP contribution in [0.4, 0.5) is 4.79 Å². The van der Waals surface area contributed by atoms with Gasteiger partial charge in [0.15, 0.2) is 0 Å². The van der Waals surface area contributed by atoms with E-state index in [0.29, 0.717) is 13.1 Å². The summed E-state index contributed by atoms with van der Waals surface area (Å²) in [5.41, 5.74) is 6.89. The molecule has 1 fully saturated rings. The Morgan fingerprint density at radius 3 is 2.03 bits per heavy atom. The lowest BCUT2D eigenvalue weighted by atomic mass is 9.87. The maximum atomic E-state index is 12.9. The molecule has 0 unspecified atom stereocenters. The van der Waals surface area contributed by atoms with E-state index in [1.807, 2.05) is 41.9 Å². The van der Waals surface area contributed by atoms with Crippen molar-refractivity contribution < 1.29 is 4.79 Å². The van der Waals surface area contributed by atoms with Crippen LogP contribution in [0.3, 0.4) is 0 Å². The number of hydrogen-bond acceptors (Lipinski definition) is 6. The number of hydrogen-bond donors (Lipinski definition) is 0. The Morgan fingerprint density at radius 2 is 1.50 bits per heavy atom. The molecule has 10 heteroatoms. The zero-order valence-corrected chi connectivity index (χ0v) is 20.0. The highest BCUT2D eigenvalue weighted by Crippen LogP contribution is 2.35. The molecule has 36 heavy (non-hydrogen) atoms. The number of nitriles is 1. The largest absolute Gasteiger partial charge is 0.346 e. The molecule has 10 nitrogen and oxygen atoms in total. The van der Waals surface area contributed by atoms with Crippen LogP contribution in [0.5, 0.6) is 0 Å². The molecule has 0 aliphatic carbocycles.